The number of aromatic nitrogens is 2. The first-order valence-corrected chi connectivity index (χ1v) is 6.31. The summed E-state index contributed by atoms with van der Waals surface area (Å²) in [4.78, 5) is 15.8. The molecule has 8 heteroatoms. The minimum absolute atomic E-state index is 0. The maximum atomic E-state index is 11.8. The highest BCUT2D eigenvalue weighted by molar-refractivity contribution is 5.85. The van der Waals surface area contributed by atoms with Crippen molar-refractivity contribution in [3.05, 3.63) is 18.7 Å². The van der Waals surface area contributed by atoms with E-state index in [1.54, 1.807) is 12.5 Å². The zero-order chi connectivity index (χ0) is 12.8. The summed E-state index contributed by atoms with van der Waals surface area (Å²) in [6.45, 7) is 5.02. The van der Waals surface area contributed by atoms with Gasteiger partial charge in [-0.25, -0.2) is 4.98 Å². The van der Waals surface area contributed by atoms with Gasteiger partial charge in [0.25, 0.3) is 0 Å². The minimum atomic E-state index is -0.000745. The third kappa shape index (κ3) is 6.56. The van der Waals surface area contributed by atoms with Crippen LogP contribution in [0.15, 0.2) is 18.7 Å². The van der Waals surface area contributed by atoms with Crippen LogP contribution in [0.5, 0.6) is 0 Å². The quantitative estimate of drug-likeness (QED) is 0.832. The van der Waals surface area contributed by atoms with Crippen LogP contribution in [0.1, 0.15) is 13.3 Å². The lowest BCUT2D eigenvalue weighted by Crippen LogP contribution is -2.43. The normalized spacial score (nSPS) is 19.4. The van der Waals surface area contributed by atoms with E-state index in [2.05, 4.69) is 15.6 Å². The van der Waals surface area contributed by atoms with Crippen molar-refractivity contribution in [1.82, 2.24) is 20.2 Å². The Bertz CT molecular complexity index is 370. The number of imidazole rings is 1. The van der Waals surface area contributed by atoms with Crippen molar-refractivity contribution in [1.29, 1.82) is 0 Å². The average Bonchev–Trinajstić information content (AvgIpc) is 2.82. The van der Waals surface area contributed by atoms with Crippen LogP contribution in [0.3, 0.4) is 0 Å². The van der Waals surface area contributed by atoms with Gasteiger partial charge in [0.05, 0.1) is 25.5 Å². The fraction of sp³-hybridized carbons (Fsp3) is 0.667. The average molecular weight is 325 g/mol. The molecule has 1 saturated heterocycles. The second kappa shape index (κ2) is 9.99. The van der Waals surface area contributed by atoms with Crippen LogP contribution in [0.2, 0.25) is 0 Å². The molecule has 1 aromatic heterocycles. The Labute approximate surface area is 131 Å². The van der Waals surface area contributed by atoms with Crippen LogP contribution in [-0.4, -0.2) is 47.3 Å². The number of nitrogens with zero attached hydrogens (tertiary/aromatic N) is 2. The van der Waals surface area contributed by atoms with E-state index in [1.807, 2.05) is 17.7 Å². The van der Waals surface area contributed by atoms with E-state index in [0.29, 0.717) is 13.0 Å². The summed E-state index contributed by atoms with van der Waals surface area (Å²) >= 11 is 0. The predicted octanol–water partition coefficient (Wildman–Crippen LogP) is 0.610. The first-order chi connectivity index (χ1) is 8.74. The van der Waals surface area contributed by atoms with Crippen LogP contribution >= 0.6 is 24.8 Å². The van der Waals surface area contributed by atoms with Gasteiger partial charge in [-0.1, -0.05) is 0 Å². The molecule has 0 radical (unpaired) electrons. The van der Waals surface area contributed by atoms with Gasteiger partial charge in [-0.15, -0.1) is 24.8 Å². The number of amides is 1. The highest BCUT2D eigenvalue weighted by atomic mass is 35.5. The molecule has 6 nitrogen and oxygen atoms in total. The summed E-state index contributed by atoms with van der Waals surface area (Å²) in [6.07, 6.45) is 5.78. The van der Waals surface area contributed by atoms with Crippen molar-refractivity contribution in [2.45, 2.75) is 32.0 Å². The second-order valence-corrected chi connectivity index (χ2v) is 4.63. The molecule has 0 spiro atoms. The van der Waals surface area contributed by atoms with Gasteiger partial charge in [0.15, 0.2) is 0 Å². The Kier molecular flexibility index (Phi) is 9.58. The van der Waals surface area contributed by atoms with E-state index < -0.39 is 0 Å². The Hall–Kier alpha value is -0.820. The summed E-state index contributed by atoms with van der Waals surface area (Å²) in [5, 5.41) is 6.18. The second-order valence-electron chi connectivity index (χ2n) is 4.63. The third-order valence-corrected chi connectivity index (χ3v) is 2.87. The lowest BCUT2D eigenvalue weighted by molar-refractivity contribution is -0.125. The van der Waals surface area contributed by atoms with Gasteiger partial charge in [0.1, 0.15) is 0 Å². The molecule has 0 bridgehead atoms. The molecule has 0 aromatic carbocycles. The SMILES string of the molecule is CC(Cn1ccnc1)NC(=O)CC1CNCCO1.Cl.Cl. The summed E-state index contributed by atoms with van der Waals surface area (Å²) in [5.74, 6) is 0.0383. The van der Waals surface area contributed by atoms with E-state index in [-0.39, 0.29) is 42.9 Å². The molecule has 2 unspecified atom stereocenters. The first-order valence-electron chi connectivity index (χ1n) is 6.31. The Morgan fingerprint density at radius 2 is 2.40 bits per heavy atom. The van der Waals surface area contributed by atoms with Crippen molar-refractivity contribution in [2.75, 3.05) is 19.7 Å². The number of hydrogen-bond acceptors (Lipinski definition) is 4. The number of carbonyl (C=O) groups excluding carboxylic acids is 1. The Morgan fingerprint density at radius 1 is 1.60 bits per heavy atom. The standard InChI is InChI=1S/C12H20N4O2.2ClH/c1-10(8-16-4-2-14-9-16)15-12(17)6-11-7-13-3-5-18-11;;/h2,4,9-11,13H,3,5-8H2,1H3,(H,15,17);2*1H. The van der Waals surface area contributed by atoms with E-state index in [1.165, 1.54) is 0 Å². The van der Waals surface area contributed by atoms with Gasteiger partial charge in [-0.3, -0.25) is 4.79 Å². The van der Waals surface area contributed by atoms with Gasteiger partial charge >= 0.3 is 0 Å². The van der Waals surface area contributed by atoms with Crippen molar-refractivity contribution in [3.8, 4) is 0 Å². The third-order valence-electron chi connectivity index (χ3n) is 2.87. The molecule has 2 rings (SSSR count). The smallest absolute Gasteiger partial charge is 0.222 e. The van der Waals surface area contributed by atoms with Crippen LogP contribution < -0.4 is 10.6 Å². The highest BCUT2D eigenvalue weighted by Crippen LogP contribution is 2.02. The Balaban J connectivity index is 0.00000180. The molecule has 1 aliphatic rings. The van der Waals surface area contributed by atoms with Crippen molar-refractivity contribution < 1.29 is 9.53 Å². The molecule has 2 heterocycles. The molecule has 1 aliphatic heterocycles. The van der Waals surface area contributed by atoms with Crippen LogP contribution in [0.25, 0.3) is 0 Å². The van der Waals surface area contributed by atoms with Gasteiger partial charge in [0.2, 0.25) is 5.91 Å². The number of rotatable bonds is 5. The molecule has 116 valence electrons. The first kappa shape index (κ1) is 19.2. The molecular weight excluding hydrogens is 303 g/mol. The molecular formula is C12H22Cl2N4O2. The van der Waals surface area contributed by atoms with Crippen molar-refractivity contribution in [2.24, 2.45) is 0 Å². The fourth-order valence-corrected chi connectivity index (χ4v) is 2.05. The number of halogens is 2. The number of nitrogens with one attached hydrogen (secondary N) is 2. The minimum Gasteiger partial charge on any atom is -0.375 e. The predicted molar refractivity (Wildman–Crippen MR) is 81.6 cm³/mol. The molecule has 1 aromatic rings. The maximum absolute atomic E-state index is 11.8. The topological polar surface area (TPSA) is 68.2 Å². The number of ether oxygens (including phenoxy) is 1. The summed E-state index contributed by atoms with van der Waals surface area (Å²) in [6, 6.07) is 0.0863. The van der Waals surface area contributed by atoms with Crippen LogP contribution in [0.4, 0.5) is 0 Å². The molecule has 20 heavy (non-hydrogen) atoms. The van der Waals surface area contributed by atoms with E-state index in [9.17, 15) is 4.79 Å². The molecule has 2 atom stereocenters. The van der Waals surface area contributed by atoms with Gasteiger partial charge in [-0.05, 0) is 6.92 Å². The van der Waals surface area contributed by atoms with E-state index >= 15 is 0 Å². The molecule has 2 N–H and O–H groups in total. The lowest BCUT2D eigenvalue weighted by atomic mass is 10.2. The van der Waals surface area contributed by atoms with Gasteiger partial charge < -0.3 is 19.9 Å². The van der Waals surface area contributed by atoms with Crippen LogP contribution in [0, 0.1) is 0 Å². The maximum Gasteiger partial charge on any atom is 0.222 e. The van der Waals surface area contributed by atoms with E-state index in [0.717, 1.165) is 19.6 Å². The molecule has 0 aliphatic carbocycles. The van der Waals surface area contributed by atoms with E-state index in [4.69, 9.17) is 4.74 Å². The monoisotopic (exact) mass is 324 g/mol. The zero-order valence-electron chi connectivity index (χ0n) is 11.4. The van der Waals surface area contributed by atoms with Crippen molar-refractivity contribution >= 4 is 30.7 Å². The summed E-state index contributed by atoms with van der Waals surface area (Å²) in [7, 11) is 0. The summed E-state index contributed by atoms with van der Waals surface area (Å²) < 4.78 is 7.45. The highest BCUT2D eigenvalue weighted by Gasteiger charge is 2.18. The Morgan fingerprint density at radius 3 is 3.00 bits per heavy atom. The molecule has 1 amide bonds. The molecule has 1 fully saturated rings. The number of morpholine rings is 1. The van der Waals surface area contributed by atoms with Gasteiger partial charge in [-0.2, -0.15) is 0 Å². The largest absolute Gasteiger partial charge is 0.375 e. The lowest BCUT2D eigenvalue weighted by Gasteiger charge is -2.24. The number of hydrogen-bond donors (Lipinski definition) is 2. The zero-order valence-corrected chi connectivity index (χ0v) is 13.1. The van der Waals surface area contributed by atoms with Gasteiger partial charge in [0, 0.05) is 38.1 Å². The van der Waals surface area contributed by atoms with Crippen LogP contribution in [-0.2, 0) is 16.1 Å². The summed E-state index contributed by atoms with van der Waals surface area (Å²) in [5.41, 5.74) is 0. The number of carbonyl (C=O) groups is 1. The van der Waals surface area contributed by atoms with Crippen molar-refractivity contribution in [3.63, 3.8) is 0 Å². The molecule has 0 saturated carbocycles. The fourth-order valence-electron chi connectivity index (χ4n) is 2.05.